The average molecular weight is 333 g/mol. The summed E-state index contributed by atoms with van der Waals surface area (Å²) in [7, 11) is 1.96. The van der Waals surface area contributed by atoms with E-state index >= 15 is 0 Å². The van der Waals surface area contributed by atoms with Crippen molar-refractivity contribution in [1.82, 2.24) is 5.32 Å². The molecule has 2 aromatic carbocycles. The highest BCUT2D eigenvalue weighted by Gasteiger charge is 2.11. The van der Waals surface area contributed by atoms with Gasteiger partial charge in [0.05, 0.1) is 0 Å². The molecule has 0 saturated carbocycles. The molecule has 0 unspecified atom stereocenters. The van der Waals surface area contributed by atoms with Gasteiger partial charge in [-0.05, 0) is 50.2 Å². The minimum absolute atomic E-state index is 0.872. The normalized spacial score (nSPS) is 10.6. The first-order chi connectivity index (χ1) is 9.67. The smallest absolute Gasteiger partial charge is 0.0440 e. The number of benzene rings is 2. The zero-order valence-electron chi connectivity index (χ0n) is 12.3. The Morgan fingerprint density at radius 1 is 1.15 bits per heavy atom. The molecular formula is C17H21BrN2. The number of hydrogen-bond donors (Lipinski definition) is 1. The Kier molecular flexibility index (Phi) is 5.21. The van der Waals surface area contributed by atoms with Crippen molar-refractivity contribution in [2.45, 2.75) is 20.4 Å². The van der Waals surface area contributed by atoms with Crippen LogP contribution in [-0.2, 0) is 6.54 Å². The predicted molar refractivity (Wildman–Crippen MR) is 90.8 cm³/mol. The summed E-state index contributed by atoms with van der Waals surface area (Å²) in [5.41, 5.74) is 5.05. The first-order valence-electron chi connectivity index (χ1n) is 6.93. The van der Waals surface area contributed by atoms with Crippen LogP contribution in [0.25, 0.3) is 0 Å². The van der Waals surface area contributed by atoms with Crippen molar-refractivity contribution in [3.8, 4) is 0 Å². The Balaban J connectivity index is 2.38. The number of aryl methyl sites for hydroxylation is 1. The lowest BCUT2D eigenvalue weighted by molar-refractivity contribution is 0.814. The maximum absolute atomic E-state index is 3.67. The zero-order chi connectivity index (χ0) is 14.5. The molecule has 0 aliphatic heterocycles. The largest absolute Gasteiger partial charge is 0.342 e. The molecule has 2 rings (SSSR count). The molecule has 0 aromatic heterocycles. The summed E-state index contributed by atoms with van der Waals surface area (Å²) in [6, 6.07) is 15.1. The molecule has 2 nitrogen and oxygen atoms in total. The van der Waals surface area contributed by atoms with Crippen molar-refractivity contribution in [2.24, 2.45) is 0 Å². The van der Waals surface area contributed by atoms with Crippen LogP contribution in [0.3, 0.4) is 0 Å². The maximum atomic E-state index is 3.67. The fourth-order valence-electron chi connectivity index (χ4n) is 2.40. The molecule has 0 atom stereocenters. The Hall–Kier alpha value is -1.32. The van der Waals surface area contributed by atoms with Gasteiger partial charge in [0.1, 0.15) is 0 Å². The fourth-order valence-corrected chi connectivity index (χ4v) is 2.90. The van der Waals surface area contributed by atoms with Crippen LogP contribution in [0.1, 0.15) is 18.1 Å². The third-order valence-corrected chi connectivity index (χ3v) is 4.18. The van der Waals surface area contributed by atoms with E-state index in [0.29, 0.717) is 0 Å². The Labute approximate surface area is 129 Å². The van der Waals surface area contributed by atoms with Gasteiger partial charge in [-0.3, -0.25) is 0 Å². The van der Waals surface area contributed by atoms with Crippen LogP contribution in [0.2, 0.25) is 0 Å². The summed E-state index contributed by atoms with van der Waals surface area (Å²) in [5.74, 6) is 0. The van der Waals surface area contributed by atoms with Crippen LogP contribution in [0.4, 0.5) is 11.4 Å². The molecule has 1 N–H and O–H groups in total. The standard InChI is InChI=1S/C17H21BrN2/c1-4-20(17-8-6-5-7-13(17)2)15-10-9-14(12-19-3)16(18)11-15/h5-11,19H,4,12H2,1-3H3. The molecule has 0 aliphatic rings. The predicted octanol–water partition coefficient (Wildman–Crippen LogP) is 4.63. The van der Waals surface area contributed by atoms with E-state index in [1.807, 2.05) is 7.05 Å². The van der Waals surface area contributed by atoms with Gasteiger partial charge in [-0.15, -0.1) is 0 Å². The first-order valence-corrected chi connectivity index (χ1v) is 7.73. The first kappa shape index (κ1) is 15.1. The van der Waals surface area contributed by atoms with Gasteiger partial charge in [0.2, 0.25) is 0 Å². The molecule has 0 spiro atoms. The molecule has 0 amide bonds. The second-order valence-corrected chi connectivity index (χ2v) is 5.69. The van der Waals surface area contributed by atoms with E-state index in [1.165, 1.54) is 22.5 Å². The molecule has 0 saturated heterocycles. The monoisotopic (exact) mass is 332 g/mol. The highest BCUT2D eigenvalue weighted by atomic mass is 79.9. The van der Waals surface area contributed by atoms with Crippen molar-refractivity contribution in [3.05, 3.63) is 58.1 Å². The lowest BCUT2D eigenvalue weighted by Gasteiger charge is -2.25. The Bertz CT molecular complexity index is 581. The van der Waals surface area contributed by atoms with Gasteiger partial charge >= 0.3 is 0 Å². The van der Waals surface area contributed by atoms with Crippen LogP contribution in [-0.4, -0.2) is 13.6 Å². The van der Waals surface area contributed by atoms with E-state index < -0.39 is 0 Å². The quantitative estimate of drug-likeness (QED) is 0.858. The van der Waals surface area contributed by atoms with Crippen molar-refractivity contribution >= 4 is 27.3 Å². The number of nitrogens with one attached hydrogen (secondary N) is 1. The molecule has 0 aliphatic carbocycles. The second kappa shape index (κ2) is 6.91. The van der Waals surface area contributed by atoms with Gasteiger partial charge in [0.15, 0.2) is 0 Å². The Morgan fingerprint density at radius 2 is 1.90 bits per heavy atom. The van der Waals surface area contributed by atoms with E-state index in [9.17, 15) is 0 Å². The van der Waals surface area contributed by atoms with Crippen LogP contribution in [0.5, 0.6) is 0 Å². The summed E-state index contributed by atoms with van der Waals surface area (Å²) >= 11 is 3.67. The summed E-state index contributed by atoms with van der Waals surface area (Å²) in [5, 5.41) is 3.18. The minimum Gasteiger partial charge on any atom is -0.342 e. The Morgan fingerprint density at radius 3 is 2.50 bits per heavy atom. The zero-order valence-corrected chi connectivity index (χ0v) is 13.9. The van der Waals surface area contributed by atoms with E-state index in [2.05, 4.69) is 82.5 Å². The van der Waals surface area contributed by atoms with Crippen LogP contribution < -0.4 is 10.2 Å². The fraction of sp³-hybridized carbons (Fsp3) is 0.294. The van der Waals surface area contributed by atoms with E-state index in [0.717, 1.165) is 17.6 Å². The van der Waals surface area contributed by atoms with Crippen LogP contribution >= 0.6 is 15.9 Å². The summed E-state index contributed by atoms with van der Waals surface area (Å²) in [6.45, 7) is 6.16. The molecule has 0 radical (unpaired) electrons. The number of anilines is 2. The van der Waals surface area contributed by atoms with Crippen molar-refractivity contribution < 1.29 is 0 Å². The number of rotatable bonds is 5. The van der Waals surface area contributed by atoms with Gasteiger partial charge in [0.25, 0.3) is 0 Å². The van der Waals surface area contributed by atoms with Gasteiger partial charge < -0.3 is 10.2 Å². The number of nitrogens with zero attached hydrogens (tertiary/aromatic N) is 1. The van der Waals surface area contributed by atoms with E-state index in [1.54, 1.807) is 0 Å². The van der Waals surface area contributed by atoms with Crippen LogP contribution in [0.15, 0.2) is 46.9 Å². The highest BCUT2D eigenvalue weighted by Crippen LogP contribution is 2.31. The molecule has 0 bridgehead atoms. The lowest BCUT2D eigenvalue weighted by Crippen LogP contribution is -2.17. The highest BCUT2D eigenvalue weighted by molar-refractivity contribution is 9.10. The molecule has 20 heavy (non-hydrogen) atoms. The maximum Gasteiger partial charge on any atom is 0.0440 e. The number of hydrogen-bond acceptors (Lipinski definition) is 2. The minimum atomic E-state index is 0.872. The topological polar surface area (TPSA) is 15.3 Å². The molecule has 3 heteroatoms. The average Bonchev–Trinajstić information content (AvgIpc) is 2.45. The van der Waals surface area contributed by atoms with Crippen molar-refractivity contribution in [2.75, 3.05) is 18.5 Å². The van der Waals surface area contributed by atoms with Gasteiger partial charge in [0, 0.05) is 28.9 Å². The van der Waals surface area contributed by atoms with Gasteiger partial charge in [-0.1, -0.05) is 40.2 Å². The summed E-state index contributed by atoms with van der Waals surface area (Å²) < 4.78 is 1.15. The number of para-hydroxylation sites is 1. The summed E-state index contributed by atoms with van der Waals surface area (Å²) in [4.78, 5) is 2.34. The lowest BCUT2D eigenvalue weighted by atomic mass is 10.1. The van der Waals surface area contributed by atoms with E-state index in [-0.39, 0.29) is 0 Å². The SMILES string of the molecule is CCN(c1ccc(CNC)c(Br)c1)c1ccccc1C. The third-order valence-electron chi connectivity index (χ3n) is 3.44. The van der Waals surface area contributed by atoms with Gasteiger partial charge in [-0.2, -0.15) is 0 Å². The molecule has 106 valence electrons. The van der Waals surface area contributed by atoms with Crippen molar-refractivity contribution in [3.63, 3.8) is 0 Å². The molecule has 2 aromatic rings. The number of halogens is 1. The molecule has 0 heterocycles. The summed E-state index contributed by atoms with van der Waals surface area (Å²) in [6.07, 6.45) is 0. The van der Waals surface area contributed by atoms with Gasteiger partial charge in [-0.25, -0.2) is 0 Å². The second-order valence-electron chi connectivity index (χ2n) is 4.84. The molecular weight excluding hydrogens is 312 g/mol. The third kappa shape index (κ3) is 3.22. The molecule has 0 fully saturated rings. The van der Waals surface area contributed by atoms with Crippen molar-refractivity contribution in [1.29, 1.82) is 0 Å². The van der Waals surface area contributed by atoms with E-state index in [4.69, 9.17) is 0 Å². The van der Waals surface area contributed by atoms with Crippen LogP contribution in [0, 0.1) is 6.92 Å².